The van der Waals surface area contributed by atoms with Gasteiger partial charge in [-0.05, 0) is 31.2 Å². The van der Waals surface area contributed by atoms with Crippen LogP contribution in [0.25, 0.3) is 49.6 Å². The van der Waals surface area contributed by atoms with Crippen LogP contribution < -0.4 is 0 Å². The van der Waals surface area contributed by atoms with E-state index in [0.717, 1.165) is 44.1 Å². The van der Waals surface area contributed by atoms with Gasteiger partial charge in [0.05, 0.1) is 22.9 Å². The summed E-state index contributed by atoms with van der Waals surface area (Å²) in [5, 5.41) is 7.18. The van der Waals surface area contributed by atoms with E-state index in [0.29, 0.717) is 22.6 Å². The number of aliphatic imine (C=N–C) groups is 1. The highest BCUT2D eigenvalue weighted by molar-refractivity contribution is 7.14. The van der Waals surface area contributed by atoms with Gasteiger partial charge in [-0.2, -0.15) is 9.49 Å². The van der Waals surface area contributed by atoms with Gasteiger partial charge >= 0.3 is 0 Å². The molecule has 0 saturated heterocycles. The number of fused-ring (bicyclic) bond motifs is 2. The average Bonchev–Trinajstić information content (AvgIpc) is 3.51. The zero-order chi connectivity index (χ0) is 21.4. The van der Waals surface area contributed by atoms with Crippen LogP contribution in [-0.2, 0) is 0 Å². The Balaban J connectivity index is 1.65. The molecule has 5 aromatic heterocycles. The molecule has 0 aliphatic carbocycles. The molecular formula is C22H16FN7S. The van der Waals surface area contributed by atoms with E-state index in [2.05, 4.69) is 31.7 Å². The summed E-state index contributed by atoms with van der Waals surface area (Å²) >= 11 is 1.06. The zero-order valence-corrected chi connectivity index (χ0v) is 17.2. The molecule has 0 atom stereocenters. The van der Waals surface area contributed by atoms with Crippen LogP contribution in [0.2, 0.25) is 0 Å². The maximum Gasteiger partial charge on any atom is 0.176 e. The molecule has 5 rings (SSSR count). The van der Waals surface area contributed by atoms with Crippen molar-refractivity contribution >= 4 is 45.2 Å². The van der Waals surface area contributed by atoms with Crippen LogP contribution in [-0.4, -0.2) is 36.3 Å². The Morgan fingerprint density at radius 2 is 2.03 bits per heavy atom. The van der Waals surface area contributed by atoms with Gasteiger partial charge in [-0.15, -0.1) is 11.3 Å². The highest BCUT2D eigenvalue weighted by Gasteiger charge is 2.17. The minimum Gasteiger partial charge on any atom is -0.335 e. The van der Waals surface area contributed by atoms with Crippen LogP contribution in [0.3, 0.4) is 0 Å². The molecule has 0 fully saturated rings. The first-order chi connectivity index (χ1) is 15.2. The second-order valence-corrected chi connectivity index (χ2v) is 7.68. The van der Waals surface area contributed by atoms with Crippen molar-refractivity contribution < 1.29 is 4.39 Å². The molecule has 5 aromatic rings. The summed E-state index contributed by atoms with van der Waals surface area (Å²) in [5.41, 5.74) is 5.88. The molecule has 9 heteroatoms. The first-order valence-electron chi connectivity index (χ1n) is 9.43. The van der Waals surface area contributed by atoms with E-state index < -0.39 is 0 Å². The van der Waals surface area contributed by atoms with Crippen LogP contribution in [0, 0.1) is 5.13 Å². The average molecular weight is 429 g/mol. The minimum absolute atomic E-state index is 0.252. The molecule has 2 N–H and O–H groups in total. The van der Waals surface area contributed by atoms with E-state index in [4.69, 9.17) is 9.97 Å². The van der Waals surface area contributed by atoms with E-state index >= 15 is 0 Å². The molecule has 0 aliphatic heterocycles. The Labute approximate surface area is 180 Å². The topological polar surface area (TPSA) is 95.5 Å². The second kappa shape index (κ2) is 7.69. The summed E-state index contributed by atoms with van der Waals surface area (Å²) in [5.74, 6) is 0.555. The number of rotatable bonds is 5. The Bertz CT molecular complexity index is 1490. The first-order valence-corrected chi connectivity index (χ1v) is 10.2. The third-order valence-corrected chi connectivity index (χ3v) is 5.70. The fourth-order valence-corrected chi connectivity index (χ4v) is 4.07. The number of allylic oxidation sites excluding steroid dienone is 2. The molecular weight excluding hydrogens is 413 g/mol. The second-order valence-electron chi connectivity index (χ2n) is 6.64. The number of H-pyrrole nitrogens is 2. The van der Waals surface area contributed by atoms with E-state index in [1.165, 1.54) is 12.3 Å². The summed E-state index contributed by atoms with van der Waals surface area (Å²) < 4.78 is 13.6. The molecule has 0 amide bonds. The predicted molar refractivity (Wildman–Crippen MR) is 122 cm³/mol. The lowest BCUT2D eigenvalue weighted by Gasteiger charge is -2.01. The normalized spacial score (nSPS) is 12.4. The molecule has 31 heavy (non-hydrogen) atoms. The fourth-order valence-electron chi connectivity index (χ4n) is 3.33. The molecule has 0 aliphatic rings. The molecule has 0 unspecified atom stereocenters. The van der Waals surface area contributed by atoms with Crippen LogP contribution in [0.1, 0.15) is 12.6 Å². The van der Waals surface area contributed by atoms with Crippen molar-refractivity contribution in [3.05, 3.63) is 66.3 Å². The summed E-state index contributed by atoms with van der Waals surface area (Å²) in [4.78, 5) is 21.9. The van der Waals surface area contributed by atoms with Gasteiger partial charge in [0.15, 0.2) is 16.6 Å². The smallest absolute Gasteiger partial charge is 0.176 e. The van der Waals surface area contributed by atoms with Crippen molar-refractivity contribution in [3.63, 3.8) is 0 Å². The molecule has 0 saturated carbocycles. The first kappa shape index (κ1) is 19.0. The molecule has 7 nitrogen and oxygen atoms in total. The number of hydrogen-bond donors (Lipinski definition) is 2. The minimum atomic E-state index is -0.252. The van der Waals surface area contributed by atoms with E-state index in [1.807, 2.05) is 25.1 Å². The summed E-state index contributed by atoms with van der Waals surface area (Å²) in [6, 6.07) is 6.99. The Hall–Kier alpha value is -3.98. The standard InChI is InChI=1S/C22H16FN7S/c1-3-12(9-24-4-2)14-5-6-15-20(26-14)21(30-29-15)22-27-16-11-25-10-13(19(16)28-22)17-7-8-18(23)31-17/h3-11H,2H2,1H3,(H,27,28)(H,29,30)/b12-3+,24-9?. The zero-order valence-electron chi connectivity index (χ0n) is 16.4. The van der Waals surface area contributed by atoms with Gasteiger partial charge in [0.2, 0.25) is 0 Å². The number of imidazole rings is 1. The number of halogens is 1. The van der Waals surface area contributed by atoms with Crippen molar-refractivity contribution in [1.82, 2.24) is 30.1 Å². The predicted octanol–water partition coefficient (Wildman–Crippen LogP) is 5.38. The lowest BCUT2D eigenvalue weighted by molar-refractivity contribution is 0.657. The van der Waals surface area contributed by atoms with Gasteiger partial charge < -0.3 is 4.98 Å². The van der Waals surface area contributed by atoms with Gasteiger partial charge in [-0.1, -0.05) is 12.7 Å². The Morgan fingerprint density at radius 3 is 2.81 bits per heavy atom. The van der Waals surface area contributed by atoms with Gasteiger partial charge in [0, 0.05) is 34.6 Å². The molecule has 0 aromatic carbocycles. The van der Waals surface area contributed by atoms with Crippen LogP contribution in [0.15, 0.2) is 60.5 Å². The number of thiophene rings is 1. The van der Waals surface area contributed by atoms with Gasteiger partial charge in [-0.3, -0.25) is 15.1 Å². The lowest BCUT2D eigenvalue weighted by Crippen LogP contribution is -1.92. The Morgan fingerprint density at radius 1 is 1.13 bits per heavy atom. The highest BCUT2D eigenvalue weighted by Crippen LogP contribution is 2.33. The van der Waals surface area contributed by atoms with Crippen LogP contribution >= 0.6 is 11.3 Å². The largest absolute Gasteiger partial charge is 0.335 e. The van der Waals surface area contributed by atoms with Gasteiger partial charge in [0.1, 0.15) is 11.0 Å². The molecule has 0 radical (unpaired) electrons. The summed E-state index contributed by atoms with van der Waals surface area (Å²) in [6.45, 7) is 5.53. The maximum absolute atomic E-state index is 13.6. The van der Waals surface area contributed by atoms with E-state index in [1.54, 1.807) is 24.7 Å². The van der Waals surface area contributed by atoms with Gasteiger partial charge in [-0.25, -0.2) is 9.97 Å². The number of pyridine rings is 2. The number of aromatic nitrogens is 6. The molecule has 0 spiro atoms. The van der Waals surface area contributed by atoms with Crippen LogP contribution in [0.5, 0.6) is 0 Å². The van der Waals surface area contributed by atoms with Crippen molar-refractivity contribution in [2.24, 2.45) is 4.99 Å². The summed E-state index contributed by atoms with van der Waals surface area (Å²) in [7, 11) is 0. The van der Waals surface area contributed by atoms with Crippen molar-refractivity contribution in [2.75, 3.05) is 0 Å². The SMILES string of the molecule is C=CN=C/C(=C\C)c1ccc2[nH]nc(-c3nc4c(-c5ccc(F)s5)cncc4[nH]3)c2n1. The quantitative estimate of drug-likeness (QED) is 0.367. The van der Waals surface area contributed by atoms with Crippen molar-refractivity contribution in [2.45, 2.75) is 6.92 Å². The van der Waals surface area contributed by atoms with Gasteiger partial charge in [0.25, 0.3) is 0 Å². The van der Waals surface area contributed by atoms with E-state index in [-0.39, 0.29) is 5.13 Å². The highest BCUT2D eigenvalue weighted by atomic mass is 32.1. The fraction of sp³-hybridized carbons (Fsp3) is 0.0455. The van der Waals surface area contributed by atoms with E-state index in [9.17, 15) is 4.39 Å². The monoisotopic (exact) mass is 429 g/mol. The lowest BCUT2D eigenvalue weighted by atomic mass is 10.1. The third kappa shape index (κ3) is 3.34. The number of nitrogens with zero attached hydrogens (tertiary/aromatic N) is 5. The maximum atomic E-state index is 13.6. The molecule has 5 heterocycles. The van der Waals surface area contributed by atoms with Crippen molar-refractivity contribution in [3.8, 4) is 22.0 Å². The van der Waals surface area contributed by atoms with Crippen LogP contribution in [0.4, 0.5) is 4.39 Å². The summed E-state index contributed by atoms with van der Waals surface area (Å²) in [6.07, 6.45) is 8.50. The Kier molecular flexibility index (Phi) is 4.72. The number of aromatic amines is 2. The number of hydrogen-bond acceptors (Lipinski definition) is 6. The molecule has 0 bridgehead atoms. The third-order valence-electron chi connectivity index (χ3n) is 4.79. The molecule has 152 valence electrons. The van der Waals surface area contributed by atoms with Crippen molar-refractivity contribution in [1.29, 1.82) is 0 Å². The number of nitrogens with one attached hydrogen (secondary N) is 2.